The lowest BCUT2D eigenvalue weighted by atomic mass is 10.0. The number of unbranched alkanes of at least 4 members (excludes halogenated alkanes) is 1. The van der Waals surface area contributed by atoms with Crippen molar-refractivity contribution < 1.29 is 14.3 Å². The standard InChI is InChI=1S/C14H25NO3/c1-7-8-9-10-14(5,11-16)15(6)12(17)18-13(2,3)4/h9-11H,7-8H2,1-6H3/b10-9+. The molecule has 0 aliphatic heterocycles. The zero-order chi connectivity index (χ0) is 14.4. The molecule has 0 radical (unpaired) electrons. The summed E-state index contributed by atoms with van der Waals surface area (Å²) in [6.07, 6.45) is 5.79. The van der Waals surface area contributed by atoms with E-state index in [0.717, 1.165) is 19.1 Å². The molecule has 4 heteroatoms. The zero-order valence-corrected chi connectivity index (χ0v) is 12.3. The van der Waals surface area contributed by atoms with Gasteiger partial charge in [0.1, 0.15) is 17.4 Å². The Labute approximate surface area is 110 Å². The predicted octanol–water partition coefficient (Wildman–Crippen LogP) is 3.17. The summed E-state index contributed by atoms with van der Waals surface area (Å²) in [5, 5.41) is 0. The number of rotatable bonds is 5. The lowest BCUT2D eigenvalue weighted by Crippen LogP contribution is -2.49. The monoisotopic (exact) mass is 255 g/mol. The summed E-state index contributed by atoms with van der Waals surface area (Å²) in [4.78, 5) is 24.5. The van der Waals surface area contributed by atoms with E-state index in [1.807, 2.05) is 6.08 Å². The Hall–Kier alpha value is -1.32. The van der Waals surface area contributed by atoms with E-state index in [-0.39, 0.29) is 0 Å². The number of likely N-dealkylation sites (N-methyl/N-ethyl adjacent to an activating group) is 1. The first kappa shape index (κ1) is 16.7. The maximum absolute atomic E-state index is 11.9. The predicted molar refractivity (Wildman–Crippen MR) is 72.5 cm³/mol. The molecular formula is C14H25NO3. The number of aldehydes is 1. The molecule has 0 aliphatic rings. The lowest BCUT2D eigenvalue weighted by Gasteiger charge is -2.33. The molecular weight excluding hydrogens is 230 g/mol. The lowest BCUT2D eigenvalue weighted by molar-refractivity contribution is -0.114. The van der Waals surface area contributed by atoms with Crippen LogP contribution < -0.4 is 0 Å². The van der Waals surface area contributed by atoms with Crippen molar-refractivity contribution >= 4 is 12.4 Å². The van der Waals surface area contributed by atoms with Crippen LogP contribution in [-0.4, -0.2) is 35.5 Å². The van der Waals surface area contributed by atoms with Gasteiger partial charge >= 0.3 is 6.09 Å². The average molecular weight is 255 g/mol. The first-order valence-corrected chi connectivity index (χ1v) is 6.27. The van der Waals surface area contributed by atoms with E-state index < -0.39 is 17.2 Å². The van der Waals surface area contributed by atoms with E-state index in [1.165, 1.54) is 4.90 Å². The first-order chi connectivity index (χ1) is 8.16. The number of carbonyl (C=O) groups is 2. The molecule has 104 valence electrons. The third kappa shape index (κ3) is 5.34. The third-order valence-electron chi connectivity index (χ3n) is 2.54. The van der Waals surface area contributed by atoms with Gasteiger partial charge in [-0.05, 0) is 34.1 Å². The second-order valence-electron chi connectivity index (χ2n) is 5.57. The van der Waals surface area contributed by atoms with Gasteiger partial charge in [-0.1, -0.05) is 25.5 Å². The summed E-state index contributed by atoms with van der Waals surface area (Å²) < 4.78 is 5.25. The fourth-order valence-corrected chi connectivity index (χ4v) is 1.25. The van der Waals surface area contributed by atoms with Crippen molar-refractivity contribution in [2.24, 2.45) is 0 Å². The molecule has 0 N–H and O–H groups in total. The molecule has 1 unspecified atom stereocenters. The van der Waals surface area contributed by atoms with Crippen molar-refractivity contribution in [3.63, 3.8) is 0 Å². The smallest absolute Gasteiger partial charge is 0.411 e. The molecule has 0 aliphatic carbocycles. The van der Waals surface area contributed by atoms with E-state index >= 15 is 0 Å². The van der Waals surface area contributed by atoms with Gasteiger partial charge in [0.2, 0.25) is 0 Å². The molecule has 0 heterocycles. The molecule has 1 amide bonds. The highest BCUT2D eigenvalue weighted by molar-refractivity contribution is 5.78. The van der Waals surface area contributed by atoms with Gasteiger partial charge in [0.05, 0.1) is 0 Å². The summed E-state index contributed by atoms with van der Waals surface area (Å²) in [5.74, 6) is 0. The molecule has 4 nitrogen and oxygen atoms in total. The Morgan fingerprint density at radius 3 is 2.22 bits per heavy atom. The van der Waals surface area contributed by atoms with Gasteiger partial charge in [-0.15, -0.1) is 0 Å². The van der Waals surface area contributed by atoms with Crippen LogP contribution in [0.5, 0.6) is 0 Å². The quantitative estimate of drug-likeness (QED) is 0.560. The molecule has 0 bridgehead atoms. The van der Waals surface area contributed by atoms with Gasteiger partial charge in [-0.3, -0.25) is 4.90 Å². The normalized spacial score (nSPS) is 15.2. The Morgan fingerprint density at radius 2 is 1.83 bits per heavy atom. The van der Waals surface area contributed by atoms with Gasteiger partial charge in [0.15, 0.2) is 0 Å². The van der Waals surface area contributed by atoms with Crippen LogP contribution in [-0.2, 0) is 9.53 Å². The Bertz CT molecular complexity index is 317. The van der Waals surface area contributed by atoms with E-state index in [2.05, 4.69) is 6.92 Å². The first-order valence-electron chi connectivity index (χ1n) is 6.27. The van der Waals surface area contributed by atoms with E-state index in [0.29, 0.717) is 0 Å². The van der Waals surface area contributed by atoms with Gasteiger partial charge in [0.25, 0.3) is 0 Å². The van der Waals surface area contributed by atoms with Crippen molar-refractivity contribution in [1.82, 2.24) is 4.90 Å². The maximum Gasteiger partial charge on any atom is 0.411 e. The highest BCUT2D eigenvalue weighted by Crippen LogP contribution is 2.17. The molecule has 0 fully saturated rings. The SMILES string of the molecule is CCC/C=C/C(C)(C=O)N(C)C(=O)OC(C)(C)C. The number of allylic oxidation sites excluding steroid dienone is 1. The Morgan fingerprint density at radius 1 is 1.28 bits per heavy atom. The van der Waals surface area contributed by atoms with Crippen LogP contribution >= 0.6 is 0 Å². The number of hydrogen-bond acceptors (Lipinski definition) is 3. The van der Waals surface area contributed by atoms with E-state index in [9.17, 15) is 9.59 Å². The molecule has 0 rings (SSSR count). The van der Waals surface area contributed by atoms with Crippen LogP contribution in [0, 0.1) is 0 Å². The average Bonchev–Trinajstić information content (AvgIpc) is 2.25. The van der Waals surface area contributed by atoms with Crippen molar-refractivity contribution in [2.45, 2.75) is 58.6 Å². The highest BCUT2D eigenvalue weighted by atomic mass is 16.6. The van der Waals surface area contributed by atoms with Gasteiger partial charge < -0.3 is 9.53 Å². The highest BCUT2D eigenvalue weighted by Gasteiger charge is 2.32. The fourth-order valence-electron chi connectivity index (χ4n) is 1.25. The molecule has 0 aromatic carbocycles. The fraction of sp³-hybridized carbons (Fsp3) is 0.714. The van der Waals surface area contributed by atoms with Crippen LogP contribution in [0.4, 0.5) is 4.79 Å². The summed E-state index contributed by atoms with van der Waals surface area (Å²) in [7, 11) is 1.57. The molecule has 0 saturated carbocycles. The minimum absolute atomic E-state index is 0.502. The minimum atomic E-state index is -0.961. The summed E-state index contributed by atoms with van der Waals surface area (Å²) >= 11 is 0. The molecule has 0 spiro atoms. The molecule has 0 aromatic heterocycles. The topological polar surface area (TPSA) is 46.6 Å². The van der Waals surface area contributed by atoms with E-state index in [1.54, 1.807) is 40.8 Å². The number of hydrogen-bond donors (Lipinski definition) is 0. The molecule has 0 saturated heterocycles. The molecule has 0 aromatic rings. The van der Waals surface area contributed by atoms with Crippen LogP contribution in [0.2, 0.25) is 0 Å². The maximum atomic E-state index is 11.9. The number of ether oxygens (including phenoxy) is 1. The number of nitrogens with zero attached hydrogens (tertiary/aromatic N) is 1. The number of amides is 1. The van der Waals surface area contributed by atoms with Crippen molar-refractivity contribution in [3.05, 3.63) is 12.2 Å². The van der Waals surface area contributed by atoms with Gasteiger partial charge in [-0.25, -0.2) is 4.79 Å². The van der Waals surface area contributed by atoms with Gasteiger partial charge in [-0.2, -0.15) is 0 Å². The van der Waals surface area contributed by atoms with Crippen molar-refractivity contribution in [2.75, 3.05) is 7.05 Å². The summed E-state index contributed by atoms with van der Waals surface area (Å²) in [5.41, 5.74) is -1.53. The second kappa shape index (κ2) is 6.57. The molecule has 1 atom stereocenters. The van der Waals surface area contributed by atoms with Crippen LogP contribution in [0.25, 0.3) is 0 Å². The Balaban J connectivity index is 4.83. The van der Waals surface area contributed by atoms with Crippen LogP contribution in [0.1, 0.15) is 47.5 Å². The largest absolute Gasteiger partial charge is 0.444 e. The Kier molecular flexibility index (Phi) is 6.09. The van der Waals surface area contributed by atoms with Crippen molar-refractivity contribution in [1.29, 1.82) is 0 Å². The third-order valence-corrected chi connectivity index (χ3v) is 2.54. The summed E-state index contributed by atoms with van der Waals surface area (Å²) in [6.45, 7) is 9.13. The van der Waals surface area contributed by atoms with Gasteiger partial charge in [0, 0.05) is 7.05 Å². The molecule has 18 heavy (non-hydrogen) atoms. The minimum Gasteiger partial charge on any atom is -0.444 e. The number of carbonyl (C=O) groups excluding carboxylic acids is 2. The van der Waals surface area contributed by atoms with Crippen LogP contribution in [0.3, 0.4) is 0 Å². The van der Waals surface area contributed by atoms with Crippen LogP contribution in [0.15, 0.2) is 12.2 Å². The zero-order valence-electron chi connectivity index (χ0n) is 12.3. The van der Waals surface area contributed by atoms with E-state index in [4.69, 9.17) is 4.74 Å². The summed E-state index contributed by atoms with van der Waals surface area (Å²) in [6, 6.07) is 0. The second-order valence-corrected chi connectivity index (χ2v) is 5.57. The van der Waals surface area contributed by atoms with Crippen molar-refractivity contribution in [3.8, 4) is 0 Å².